The highest BCUT2D eigenvalue weighted by Gasteiger charge is 2.09. The van der Waals surface area contributed by atoms with Crippen LogP contribution in [0.5, 0.6) is 11.5 Å². The SMILES string of the molecule is C[C@@H](O)c1ccc(Oc2ccc(C#N)c(F)c2)cc1Br. The molecule has 1 N–H and O–H groups in total. The van der Waals surface area contributed by atoms with E-state index < -0.39 is 11.9 Å². The first-order valence-corrected chi connectivity index (χ1v) is 6.65. The smallest absolute Gasteiger partial charge is 0.144 e. The Balaban J connectivity index is 2.25. The first kappa shape index (κ1) is 14.5. The first-order valence-electron chi connectivity index (χ1n) is 5.86. The fourth-order valence-corrected chi connectivity index (χ4v) is 2.39. The van der Waals surface area contributed by atoms with Gasteiger partial charge in [-0.15, -0.1) is 0 Å². The van der Waals surface area contributed by atoms with Crippen LogP contribution < -0.4 is 4.74 Å². The van der Waals surface area contributed by atoms with E-state index in [1.54, 1.807) is 31.2 Å². The molecule has 2 aromatic rings. The lowest BCUT2D eigenvalue weighted by atomic mass is 10.1. The van der Waals surface area contributed by atoms with Crippen LogP contribution in [-0.2, 0) is 0 Å². The Kier molecular flexibility index (Phi) is 4.38. The molecule has 0 saturated heterocycles. The van der Waals surface area contributed by atoms with E-state index in [1.165, 1.54) is 12.1 Å². The molecule has 0 spiro atoms. The number of nitriles is 1. The molecule has 2 aromatic carbocycles. The Morgan fingerprint density at radius 3 is 2.45 bits per heavy atom. The molecule has 0 aliphatic rings. The summed E-state index contributed by atoms with van der Waals surface area (Å²) in [5.74, 6) is 0.188. The Bertz CT molecular complexity index is 680. The fraction of sp³-hybridized carbons (Fsp3) is 0.133. The van der Waals surface area contributed by atoms with Gasteiger partial charge in [-0.1, -0.05) is 22.0 Å². The quantitative estimate of drug-likeness (QED) is 0.909. The second-order valence-corrected chi connectivity index (χ2v) is 5.07. The van der Waals surface area contributed by atoms with Gasteiger partial charge in [0, 0.05) is 10.5 Å². The molecule has 0 amide bonds. The number of rotatable bonds is 3. The minimum Gasteiger partial charge on any atom is -0.457 e. The standard InChI is InChI=1S/C15H11BrFNO2/c1-9(19)13-5-4-11(6-14(13)16)20-12-3-2-10(8-18)15(17)7-12/h2-7,9,19H,1H3/t9-/m1/s1. The Labute approximate surface area is 124 Å². The summed E-state index contributed by atoms with van der Waals surface area (Å²) in [6.07, 6.45) is -0.592. The molecule has 0 heterocycles. The number of nitrogens with zero attached hydrogens (tertiary/aromatic N) is 1. The molecule has 2 rings (SSSR count). The third-order valence-corrected chi connectivity index (χ3v) is 3.41. The Hall–Kier alpha value is -1.90. The van der Waals surface area contributed by atoms with Crippen LogP contribution in [0.25, 0.3) is 0 Å². The molecular formula is C15H11BrFNO2. The van der Waals surface area contributed by atoms with Gasteiger partial charge in [-0.3, -0.25) is 0 Å². The molecule has 0 saturated carbocycles. The second kappa shape index (κ2) is 6.04. The minimum absolute atomic E-state index is 0.0250. The van der Waals surface area contributed by atoms with Gasteiger partial charge in [0.15, 0.2) is 0 Å². The summed E-state index contributed by atoms with van der Waals surface area (Å²) < 4.78 is 19.7. The van der Waals surface area contributed by atoms with E-state index in [0.29, 0.717) is 16.0 Å². The third-order valence-electron chi connectivity index (χ3n) is 2.72. The zero-order valence-corrected chi connectivity index (χ0v) is 12.2. The normalized spacial score (nSPS) is 11.8. The van der Waals surface area contributed by atoms with Gasteiger partial charge in [0.05, 0.1) is 11.7 Å². The predicted molar refractivity (Wildman–Crippen MR) is 76.0 cm³/mol. The fourth-order valence-electron chi connectivity index (χ4n) is 1.70. The number of aliphatic hydroxyl groups excluding tert-OH is 1. The van der Waals surface area contributed by atoms with Crippen LogP contribution in [0.15, 0.2) is 40.9 Å². The third kappa shape index (κ3) is 3.16. The van der Waals surface area contributed by atoms with Crippen LogP contribution in [0, 0.1) is 17.1 Å². The lowest BCUT2D eigenvalue weighted by Gasteiger charge is -2.11. The van der Waals surface area contributed by atoms with Crippen molar-refractivity contribution in [3.8, 4) is 17.6 Å². The van der Waals surface area contributed by atoms with Gasteiger partial charge in [-0.25, -0.2) is 4.39 Å². The summed E-state index contributed by atoms with van der Waals surface area (Å²) in [5.41, 5.74) is 0.714. The Morgan fingerprint density at radius 2 is 1.90 bits per heavy atom. The van der Waals surface area contributed by atoms with Crippen molar-refractivity contribution in [3.63, 3.8) is 0 Å². The molecule has 0 radical (unpaired) electrons. The molecule has 5 heteroatoms. The lowest BCUT2D eigenvalue weighted by molar-refractivity contribution is 0.198. The molecule has 0 unspecified atom stereocenters. The van der Waals surface area contributed by atoms with Crippen molar-refractivity contribution in [2.45, 2.75) is 13.0 Å². The largest absolute Gasteiger partial charge is 0.457 e. The highest BCUT2D eigenvalue weighted by Crippen LogP contribution is 2.30. The van der Waals surface area contributed by atoms with Crippen molar-refractivity contribution >= 4 is 15.9 Å². The van der Waals surface area contributed by atoms with E-state index in [-0.39, 0.29) is 5.56 Å². The van der Waals surface area contributed by atoms with E-state index in [4.69, 9.17) is 10.00 Å². The van der Waals surface area contributed by atoms with Gasteiger partial charge < -0.3 is 9.84 Å². The van der Waals surface area contributed by atoms with Gasteiger partial charge in [0.25, 0.3) is 0 Å². The monoisotopic (exact) mass is 335 g/mol. The van der Waals surface area contributed by atoms with Crippen molar-refractivity contribution in [1.82, 2.24) is 0 Å². The zero-order chi connectivity index (χ0) is 14.7. The average Bonchev–Trinajstić information content (AvgIpc) is 2.38. The molecule has 0 bridgehead atoms. The van der Waals surface area contributed by atoms with Crippen molar-refractivity contribution in [2.75, 3.05) is 0 Å². The van der Waals surface area contributed by atoms with Crippen LogP contribution in [0.1, 0.15) is 24.2 Å². The molecule has 0 fully saturated rings. The summed E-state index contributed by atoms with van der Waals surface area (Å²) in [5, 5.41) is 18.2. The molecule has 20 heavy (non-hydrogen) atoms. The van der Waals surface area contributed by atoms with Crippen molar-refractivity contribution in [2.24, 2.45) is 0 Å². The summed E-state index contributed by atoms with van der Waals surface area (Å²) in [6, 6.07) is 10.9. The maximum absolute atomic E-state index is 13.5. The number of hydrogen-bond acceptors (Lipinski definition) is 3. The van der Waals surface area contributed by atoms with Gasteiger partial charge in [0.1, 0.15) is 23.4 Å². The van der Waals surface area contributed by atoms with Gasteiger partial charge in [0.2, 0.25) is 0 Å². The number of halogens is 2. The average molecular weight is 336 g/mol. The van der Waals surface area contributed by atoms with Crippen molar-refractivity contribution in [3.05, 3.63) is 57.8 Å². The van der Waals surface area contributed by atoms with Crippen LogP contribution >= 0.6 is 15.9 Å². The molecule has 3 nitrogen and oxygen atoms in total. The van der Waals surface area contributed by atoms with Gasteiger partial charge >= 0.3 is 0 Å². The van der Waals surface area contributed by atoms with E-state index >= 15 is 0 Å². The molecular weight excluding hydrogens is 325 g/mol. The number of hydrogen-bond donors (Lipinski definition) is 1. The zero-order valence-electron chi connectivity index (χ0n) is 10.6. The molecule has 0 aromatic heterocycles. The topological polar surface area (TPSA) is 53.2 Å². The summed E-state index contributed by atoms with van der Waals surface area (Å²) in [4.78, 5) is 0. The summed E-state index contributed by atoms with van der Waals surface area (Å²) in [7, 11) is 0. The van der Waals surface area contributed by atoms with Crippen LogP contribution in [0.4, 0.5) is 4.39 Å². The number of benzene rings is 2. The molecule has 0 aliphatic carbocycles. The molecule has 0 aliphatic heterocycles. The lowest BCUT2D eigenvalue weighted by Crippen LogP contribution is -1.93. The first-order chi connectivity index (χ1) is 9.51. The molecule has 102 valence electrons. The van der Waals surface area contributed by atoms with E-state index in [1.807, 2.05) is 0 Å². The minimum atomic E-state index is -0.621. The number of aliphatic hydroxyl groups is 1. The summed E-state index contributed by atoms with van der Waals surface area (Å²) in [6.45, 7) is 1.66. The summed E-state index contributed by atoms with van der Waals surface area (Å²) >= 11 is 3.34. The maximum atomic E-state index is 13.5. The predicted octanol–water partition coefficient (Wildman–Crippen LogP) is 4.31. The number of ether oxygens (including phenoxy) is 1. The van der Waals surface area contributed by atoms with Gasteiger partial charge in [-0.2, -0.15) is 5.26 Å². The Morgan fingerprint density at radius 1 is 1.25 bits per heavy atom. The van der Waals surface area contributed by atoms with E-state index in [2.05, 4.69) is 15.9 Å². The maximum Gasteiger partial charge on any atom is 0.144 e. The van der Waals surface area contributed by atoms with E-state index in [0.717, 1.165) is 11.6 Å². The van der Waals surface area contributed by atoms with Crippen LogP contribution in [0.2, 0.25) is 0 Å². The highest BCUT2D eigenvalue weighted by molar-refractivity contribution is 9.10. The molecule has 1 atom stereocenters. The highest BCUT2D eigenvalue weighted by atomic mass is 79.9. The van der Waals surface area contributed by atoms with Crippen LogP contribution in [0.3, 0.4) is 0 Å². The van der Waals surface area contributed by atoms with Gasteiger partial charge in [-0.05, 0) is 36.8 Å². The van der Waals surface area contributed by atoms with E-state index in [9.17, 15) is 9.50 Å². The van der Waals surface area contributed by atoms with Crippen molar-refractivity contribution in [1.29, 1.82) is 5.26 Å². The second-order valence-electron chi connectivity index (χ2n) is 4.21. The van der Waals surface area contributed by atoms with Crippen molar-refractivity contribution < 1.29 is 14.2 Å². The van der Waals surface area contributed by atoms with Crippen LogP contribution in [-0.4, -0.2) is 5.11 Å².